The van der Waals surface area contributed by atoms with E-state index in [2.05, 4.69) is 0 Å². The van der Waals surface area contributed by atoms with Gasteiger partial charge in [0, 0.05) is 11.6 Å². The van der Waals surface area contributed by atoms with E-state index in [0.717, 1.165) is 0 Å². The summed E-state index contributed by atoms with van der Waals surface area (Å²) >= 11 is 0. The standard InChI is InChI=1S/C25H29NO5/c1-6-30-19-13-9-18(10-14-19)26-22(17-7-11-20(12-8-17)31-16(4)5)21(23(27)15(2)3)24(28)25(26)29/h7-16,22,28H,6H2,1-5H3. The molecular formula is C25H29NO5. The Morgan fingerprint density at radius 2 is 1.58 bits per heavy atom. The van der Waals surface area contributed by atoms with Gasteiger partial charge in [0.05, 0.1) is 24.3 Å². The van der Waals surface area contributed by atoms with Crippen LogP contribution in [0.2, 0.25) is 0 Å². The lowest BCUT2D eigenvalue weighted by Crippen LogP contribution is -2.31. The van der Waals surface area contributed by atoms with Crippen LogP contribution in [0.15, 0.2) is 59.9 Å². The van der Waals surface area contributed by atoms with E-state index in [4.69, 9.17) is 9.47 Å². The summed E-state index contributed by atoms with van der Waals surface area (Å²) in [5, 5.41) is 10.7. The number of ether oxygens (including phenoxy) is 2. The fourth-order valence-electron chi connectivity index (χ4n) is 3.62. The lowest BCUT2D eigenvalue weighted by molar-refractivity contribution is -0.119. The molecule has 1 heterocycles. The molecule has 0 aromatic heterocycles. The highest BCUT2D eigenvalue weighted by Crippen LogP contribution is 2.42. The van der Waals surface area contributed by atoms with Crippen LogP contribution in [-0.4, -0.2) is 29.5 Å². The van der Waals surface area contributed by atoms with Gasteiger partial charge in [-0.2, -0.15) is 0 Å². The molecule has 1 unspecified atom stereocenters. The number of ketones is 1. The fraction of sp³-hybridized carbons (Fsp3) is 0.360. The van der Waals surface area contributed by atoms with E-state index in [-0.39, 0.29) is 23.4 Å². The lowest BCUT2D eigenvalue weighted by Gasteiger charge is -2.27. The van der Waals surface area contributed by atoms with Crippen LogP contribution in [0.4, 0.5) is 5.69 Å². The van der Waals surface area contributed by atoms with Crippen molar-refractivity contribution in [3.63, 3.8) is 0 Å². The van der Waals surface area contributed by atoms with Gasteiger partial charge >= 0.3 is 0 Å². The molecule has 0 aliphatic carbocycles. The van der Waals surface area contributed by atoms with E-state index in [9.17, 15) is 14.7 Å². The predicted octanol–water partition coefficient (Wildman–Crippen LogP) is 5.00. The number of anilines is 1. The van der Waals surface area contributed by atoms with E-state index in [1.54, 1.807) is 38.1 Å². The molecule has 0 saturated carbocycles. The number of aliphatic hydroxyl groups is 1. The van der Waals surface area contributed by atoms with Crippen LogP contribution in [0, 0.1) is 5.92 Å². The van der Waals surface area contributed by atoms with E-state index in [0.29, 0.717) is 29.4 Å². The summed E-state index contributed by atoms with van der Waals surface area (Å²) < 4.78 is 11.2. The van der Waals surface area contributed by atoms with Crippen molar-refractivity contribution < 1.29 is 24.2 Å². The van der Waals surface area contributed by atoms with Crippen LogP contribution in [0.5, 0.6) is 11.5 Å². The molecular weight excluding hydrogens is 394 g/mol. The third kappa shape index (κ3) is 4.58. The highest BCUT2D eigenvalue weighted by molar-refractivity contribution is 6.16. The number of carbonyl (C=O) groups is 2. The number of Topliss-reactive ketones (excluding diaryl/α,β-unsaturated/α-hetero) is 1. The van der Waals surface area contributed by atoms with Crippen molar-refractivity contribution >= 4 is 17.4 Å². The molecule has 1 aliphatic heterocycles. The molecule has 3 rings (SSSR count). The highest BCUT2D eigenvalue weighted by atomic mass is 16.5. The van der Waals surface area contributed by atoms with E-state index in [1.807, 2.05) is 45.0 Å². The van der Waals surface area contributed by atoms with Crippen LogP contribution in [-0.2, 0) is 9.59 Å². The van der Waals surface area contributed by atoms with Gasteiger partial charge in [-0.3, -0.25) is 14.5 Å². The number of amides is 1. The van der Waals surface area contributed by atoms with Crippen LogP contribution in [0.1, 0.15) is 46.2 Å². The van der Waals surface area contributed by atoms with E-state index in [1.165, 1.54) is 4.90 Å². The SMILES string of the molecule is CCOc1ccc(N2C(=O)C(O)=C(C(=O)C(C)C)C2c2ccc(OC(C)C)cc2)cc1. The topological polar surface area (TPSA) is 76.1 Å². The molecule has 1 amide bonds. The molecule has 1 atom stereocenters. The van der Waals surface area contributed by atoms with Gasteiger partial charge in [-0.25, -0.2) is 0 Å². The Balaban J connectivity index is 2.07. The first kappa shape index (κ1) is 22.4. The second-order valence-corrected chi connectivity index (χ2v) is 8.02. The zero-order valence-corrected chi connectivity index (χ0v) is 18.6. The molecule has 2 aromatic carbocycles. The normalized spacial score (nSPS) is 16.4. The van der Waals surface area contributed by atoms with Crippen molar-refractivity contribution in [1.29, 1.82) is 0 Å². The number of benzene rings is 2. The summed E-state index contributed by atoms with van der Waals surface area (Å²) in [6.45, 7) is 9.82. The maximum atomic E-state index is 13.1. The maximum Gasteiger partial charge on any atom is 0.294 e. The largest absolute Gasteiger partial charge is 0.503 e. The fourth-order valence-corrected chi connectivity index (χ4v) is 3.62. The Kier molecular flexibility index (Phi) is 6.68. The molecule has 1 N–H and O–H groups in total. The number of carbonyl (C=O) groups excluding carboxylic acids is 2. The minimum Gasteiger partial charge on any atom is -0.503 e. The molecule has 2 aromatic rings. The molecule has 0 spiro atoms. The van der Waals surface area contributed by atoms with Crippen molar-refractivity contribution in [3.05, 3.63) is 65.4 Å². The zero-order chi connectivity index (χ0) is 22.7. The van der Waals surface area contributed by atoms with Gasteiger partial charge in [-0.15, -0.1) is 0 Å². The monoisotopic (exact) mass is 423 g/mol. The van der Waals surface area contributed by atoms with Crippen LogP contribution >= 0.6 is 0 Å². The first-order valence-corrected chi connectivity index (χ1v) is 10.5. The van der Waals surface area contributed by atoms with Crippen LogP contribution < -0.4 is 14.4 Å². The predicted molar refractivity (Wildman–Crippen MR) is 120 cm³/mol. The first-order valence-electron chi connectivity index (χ1n) is 10.5. The average molecular weight is 424 g/mol. The van der Waals surface area contributed by atoms with E-state index >= 15 is 0 Å². The minimum atomic E-state index is -0.728. The van der Waals surface area contributed by atoms with Crippen molar-refractivity contribution in [3.8, 4) is 11.5 Å². The molecule has 0 saturated heterocycles. The average Bonchev–Trinajstić information content (AvgIpc) is 2.99. The summed E-state index contributed by atoms with van der Waals surface area (Å²) in [6, 6.07) is 13.6. The first-order chi connectivity index (χ1) is 14.7. The van der Waals surface area contributed by atoms with Gasteiger partial charge < -0.3 is 14.6 Å². The van der Waals surface area contributed by atoms with E-state index < -0.39 is 17.7 Å². The molecule has 0 radical (unpaired) electrons. The van der Waals surface area contributed by atoms with Crippen molar-refractivity contribution in [1.82, 2.24) is 0 Å². The Bertz CT molecular complexity index is 974. The molecule has 6 nitrogen and oxygen atoms in total. The van der Waals surface area contributed by atoms with Gasteiger partial charge in [-0.05, 0) is 62.7 Å². The van der Waals surface area contributed by atoms with Gasteiger partial charge in [0.15, 0.2) is 11.5 Å². The Morgan fingerprint density at radius 3 is 2.10 bits per heavy atom. The third-order valence-electron chi connectivity index (χ3n) is 4.99. The van der Waals surface area contributed by atoms with Crippen LogP contribution in [0.3, 0.4) is 0 Å². The van der Waals surface area contributed by atoms with Gasteiger partial charge in [0.25, 0.3) is 5.91 Å². The summed E-state index contributed by atoms with van der Waals surface area (Å²) in [6.07, 6.45) is 0.0290. The molecule has 0 fully saturated rings. The Morgan fingerprint density at radius 1 is 1.00 bits per heavy atom. The quantitative estimate of drug-likeness (QED) is 0.647. The molecule has 1 aliphatic rings. The smallest absolute Gasteiger partial charge is 0.294 e. The van der Waals surface area contributed by atoms with Gasteiger partial charge in [0.1, 0.15) is 11.5 Å². The number of hydrogen-bond acceptors (Lipinski definition) is 5. The summed E-state index contributed by atoms with van der Waals surface area (Å²) in [5.74, 6) is -0.343. The van der Waals surface area contributed by atoms with Crippen LogP contribution in [0.25, 0.3) is 0 Å². The van der Waals surface area contributed by atoms with Crippen molar-refractivity contribution in [2.75, 3.05) is 11.5 Å². The molecule has 164 valence electrons. The van der Waals surface area contributed by atoms with Gasteiger partial charge in [-0.1, -0.05) is 26.0 Å². The molecule has 6 heteroatoms. The third-order valence-corrected chi connectivity index (χ3v) is 4.99. The molecule has 31 heavy (non-hydrogen) atoms. The minimum absolute atomic E-state index is 0.0290. The molecule has 0 bridgehead atoms. The van der Waals surface area contributed by atoms with Gasteiger partial charge in [0.2, 0.25) is 0 Å². The lowest BCUT2D eigenvalue weighted by atomic mass is 9.91. The van der Waals surface area contributed by atoms with Crippen molar-refractivity contribution in [2.24, 2.45) is 5.92 Å². The highest BCUT2D eigenvalue weighted by Gasteiger charge is 2.44. The number of rotatable bonds is 8. The van der Waals surface area contributed by atoms with Crippen molar-refractivity contribution in [2.45, 2.75) is 46.8 Å². The Labute approximate surface area is 183 Å². The zero-order valence-electron chi connectivity index (χ0n) is 18.6. The maximum absolute atomic E-state index is 13.1. The number of hydrogen-bond donors (Lipinski definition) is 1. The second kappa shape index (κ2) is 9.25. The number of nitrogens with zero attached hydrogens (tertiary/aromatic N) is 1. The number of aliphatic hydroxyl groups excluding tert-OH is 1. The summed E-state index contributed by atoms with van der Waals surface area (Å²) in [5.41, 5.74) is 1.40. The summed E-state index contributed by atoms with van der Waals surface area (Å²) in [4.78, 5) is 27.5. The second-order valence-electron chi connectivity index (χ2n) is 8.02. The Hall–Kier alpha value is -3.28. The summed E-state index contributed by atoms with van der Waals surface area (Å²) in [7, 11) is 0.